The van der Waals surface area contributed by atoms with Crippen LogP contribution in [0, 0.1) is 6.92 Å². The highest BCUT2D eigenvalue weighted by Gasteiger charge is 1.89. The first-order valence-corrected chi connectivity index (χ1v) is 6.36. The number of aryl methyl sites for hydroxylation is 1. The molecule has 0 radical (unpaired) electrons. The van der Waals surface area contributed by atoms with Crippen LogP contribution in [0.2, 0.25) is 5.02 Å². The van der Waals surface area contributed by atoms with Crippen LogP contribution < -0.4 is 5.32 Å². The monoisotopic (exact) mass is 255 g/mol. The van der Waals surface area contributed by atoms with E-state index in [-0.39, 0.29) is 5.78 Å². The Bertz CT molecular complexity index is 309. The molecule has 3 heteroatoms. The van der Waals surface area contributed by atoms with Crippen LogP contribution in [0.15, 0.2) is 24.3 Å². The van der Waals surface area contributed by atoms with Crippen molar-refractivity contribution >= 4 is 17.4 Å². The third-order valence-electron chi connectivity index (χ3n) is 2.06. The summed E-state index contributed by atoms with van der Waals surface area (Å²) >= 11 is 5.64. The van der Waals surface area contributed by atoms with Gasteiger partial charge in [0.2, 0.25) is 0 Å². The Morgan fingerprint density at radius 3 is 2.53 bits per heavy atom. The number of benzene rings is 1. The molecule has 17 heavy (non-hydrogen) atoms. The maximum absolute atomic E-state index is 10.3. The minimum absolute atomic E-state index is 0.214. The first-order chi connectivity index (χ1) is 8.06. The molecule has 1 N–H and O–H groups in total. The van der Waals surface area contributed by atoms with Crippen molar-refractivity contribution in [1.82, 2.24) is 5.32 Å². The maximum Gasteiger partial charge on any atom is 0.143 e. The standard InChI is InChI=1S/C7H7Cl.C7H15NO/c1-6-3-2-4-7(8)5-6;1-3-4-5-8-6-7(2)9/h2-5H,1H3;8H,3-6H2,1-2H3. The molecule has 0 fully saturated rings. The topological polar surface area (TPSA) is 29.1 Å². The zero-order chi connectivity index (χ0) is 13.1. The van der Waals surface area contributed by atoms with Crippen LogP contribution in [-0.4, -0.2) is 18.9 Å². The lowest BCUT2D eigenvalue weighted by molar-refractivity contribution is -0.116. The molecule has 0 spiro atoms. The molecular formula is C14H22ClNO. The minimum atomic E-state index is 0.214. The second-order valence-electron chi connectivity index (χ2n) is 4.03. The fourth-order valence-electron chi connectivity index (χ4n) is 1.17. The quantitative estimate of drug-likeness (QED) is 0.815. The molecule has 0 heterocycles. The van der Waals surface area contributed by atoms with E-state index in [0.29, 0.717) is 6.54 Å². The Morgan fingerprint density at radius 2 is 2.12 bits per heavy atom. The predicted molar refractivity (Wildman–Crippen MR) is 74.6 cm³/mol. The molecule has 0 atom stereocenters. The molecule has 0 aliphatic heterocycles. The number of carbonyl (C=O) groups is 1. The Labute approximate surface area is 109 Å². The summed E-state index contributed by atoms with van der Waals surface area (Å²) in [6, 6.07) is 7.76. The van der Waals surface area contributed by atoms with Gasteiger partial charge >= 0.3 is 0 Å². The van der Waals surface area contributed by atoms with Crippen molar-refractivity contribution in [3.8, 4) is 0 Å². The van der Waals surface area contributed by atoms with Gasteiger partial charge in [-0.05, 0) is 44.5 Å². The van der Waals surface area contributed by atoms with Crippen molar-refractivity contribution in [3.63, 3.8) is 0 Å². The molecule has 1 rings (SSSR count). The summed E-state index contributed by atoms with van der Waals surface area (Å²) in [6.45, 7) is 7.25. The summed E-state index contributed by atoms with van der Waals surface area (Å²) in [5, 5.41) is 3.85. The Hall–Kier alpha value is -0.860. The van der Waals surface area contributed by atoms with Crippen LogP contribution in [0.4, 0.5) is 0 Å². The van der Waals surface area contributed by atoms with E-state index >= 15 is 0 Å². The van der Waals surface area contributed by atoms with Crippen molar-refractivity contribution in [2.24, 2.45) is 0 Å². The van der Waals surface area contributed by atoms with Gasteiger partial charge in [0.15, 0.2) is 0 Å². The molecular weight excluding hydrogens is 234 g/mol. The first kappa shape index (κ1) is 16.1. The van der Waals surface area contributed by atoms with Crippen LogP contribution in [0.1, 0.15) is 32.3 Å². The lowest BCUT2D eigenvalue weighted by atomic mass is 10.2. The van der Waals surface area contributed by atoms with Gasteiger partial charge < -0.3 is 5.32 Å². The van der Waals surface area contributed by atoms with E-state index in [4.69, 9.17) is 11.6 Å². The summed E-state index contributed by atoms with van der Waals surface area (Å²) < 4.78 is 0. The summed E-state index contributed by atoms with van der Waals surface area (Å²) in [5.74, 6) is 0.214. The number of nitrogens with one attached hydrogen (secondary N) is 1. The number of hydrogen-bond donors (Lipinski definition) is 1. The largest absolute Gasteiger partial charge is 0.310 e. The molecule has 96 valence electrons. The van der Waals surface area contributed by atoms with Crippen molar-refractivity contribution < 1.29 is 4.79 Å². The fraction of sp³-hybridized carbons (Fsp3) is 0.500. The SMILES string of the molecule is CCCCNCC(C)=O.Cc1cccc(Cl)c1. The van der Waals surface area contributed by atoms with E-state index in [2.05, 4.69) is 12.2 Å². The first-order valence-electron chi connectivity index (χ1n) is 5.98. The summed E-state index contributed by atoms with van der Waals surface area (Å²) in [6.07, 6.45) is 2.35. The zero-order valence-electron chi connectivity index (χ0n) is 10.9. The molecule has 2 nitrogen and oxygen atoms in total. The molecule has 1 aromatic rings. The number of halogens is 1. The second-order valence-corrected chi connectivity index (χ2v) is 4.47. The zero-order valence-corrected chi connectivity index (χ0v) is 11.7. The van der Waals surface area contributed by atoms with E-state index in [9.17, 15) is 4.79 Å². The highest BCUT2D eigenvalue weighted by Crippen LogP contribution is 2.08. The lowest BCUT2D eigenvalue weighted by Gasteiger charge is -1.97. The highest BCUT2D eigenvalue weighted by atomic mass is 35.5. The van der Waals surface area contributed by atoms with Crippen LogP contribution in [0.5, 0.6) is 0 Å². The van der Waals surface area contributed by atoms with Crippen molar-refractivity contribution in [2.45, 2.75) is 33.6 Å². The third kappa shape index (κ3) is 11.4. The predicted octanol–water partition coefficient (Wildman–Crippen LogP) is 3.61. The summed E-state index contributed by atoms with van der Waals surface area (Å²) in [5.41, 5.74) is 1.21. The van der Waals surface area contributed by atoms with Gasteiger partial charge in [-0.1, -0.05) is 37.1 Å². The summed E-state index contributed by atoms with van der Waals surface area (Å²) in [4.78, 5) is 10.3. The van der Waals surface area contributed by atoms with Crippen molar-refractivity contribution in [3.05, 3.63) is 34.9 Å². The molecule has 0 aliphatic carbocycles. The van der Waals surface area contributed by atoms with E-state index in [1.807, 2.05) is 31.2 Å². The smallest absolute Gasteiger partial charge is 0.143 e. The highest BCUT2D eigenvalue weighted by molar-refractivity contribution is 6.30. The minimum Gasteiger partial charge on any atom is -0.310 e. The van der Waals surface area contributed by atoms with Gasteiger partial charge in [-0.2, -0.15) is 0 Å². The normalized spacial score (nSPS) is 9.41. The van der Waals surface area contributed by atoms with E-state index in [1.165, 1.54) is 12.0 Å². The molecule has 0 amide bonds. The van der Waals surface area contributed by atoms with Crippen molar-refractivity contribution in [1.29, 1.82) is 0 Å². The number of Topliss-reactive ketones (excluding diaryl/α,β-unsaturated/α-hetero) is 1. The average Bonchev–Trinajstić information content (AvgIpc) is 2.25. The molecule has 0 bridgehead atoms. The Balaban J connectivity index is 0.000000302. The van der Waals surface area contributed by atoms with Gasteiger partial charge in [0.05, 0.1) is 6.54 Å². The Kier molecular flexibility index (Phi) is 9.78. The molecule has 0 aliphatic rings. The van der Waals surface area contributed by atoms with Gasteiger partial charge in [-0.25, -0.2) is 0 Å². The fourth-order valence-corrected chi connectivity index (χ4v) is 1.42. The molecule has 0 saturated carbocycles. The van der Waals surface area contributed by atoms with Crippen LogP contribution in [-0.2, 0) is 4.79 Å². The summed E-state index contributed by atoms with van der Waals surface area (Å²) in [7, 11) is 0. The number of carbonyl (C=O) groups excluding carboxylic acids is 1. The van der Waals surface area contributed by atoms with Gasteiger partial charge in [0.25, 0.3) is 0 Å². The number of rotatable bonds is 5. The molecule has 0 unspecified atom stereocenters. The Morgan fingerprint density at radius 1 is 1.41 bits per heavy atom. The average molecular weight is 256 g/mol. The van der Waals surface area contributed by atoms with E-state index < -0.39 is 0 Å². The van der Waals surface area contributed by atoms with Gasteiger partial charge in [-0.3, -0.25) is 4.79 Å². The number of unbranched alkanes of at least 4 members (excludes halogenated alkanes) is 1. The maximum atomic E-state index is 10.3. The molecule has 0 saturated heterocycles. The van der Waals surface area contributed by atoms with E-state index in [1.54, 1.807) is 6.92 Å². The van der Waals surface area contributed by atoms with Crippen LogP contribution in [0.3, 0.4) is 0 Å². The van der Waals surface area contributed by atoms with Crippen LogP contribution >= 0.6 is 11.6 Å². The molecule has 1 aromatic carbocycles. The second kappa shape index (κ2) is 10.3. The number of ketones is 1. The van der Waals surface area contributed by atoms with Gasteiger partial charge in [-0.15, -0.1) is 0 Å². The molecule has 0 aromatic heterocycles. The van der Waals surface area contributed by atoms with Crippen molar-refractivity contribution in [2.75, 3.05) is 13.1 Å². The van der Waals surface area contributed by atoms with Gasteiger partial charge in [0, 0.05) is 5.02 Å². The number of hydrogen-bond acceptors (Lipinski definition) is 2. The van der Waals surface area contributed by atoms with Crippen LogP contribution in [0.25, 0.3) is 0 Å². The third-order valence-corrected chi connectivity index (χ3v) is 2.30. The van der Waals surface area contributed by atoms with E-state index in [0.717, 1.165) is 18.0 Å². The lowest BCUT2D eigenvalue weighted by Crippen LogP contribution is -2.21. The van der Waals surface area contributed by atoms with Gasteiger partial charge in [0.1, 0.15) is 5.78 Å².